The number of aliphatic imine (C=N–C) groups is 1. The molecule has 1 rings (SSSR count). The molecule has 2 N–H and O–H groups in total. The van der Waals surface area contributed by atoms with Gasteiger partial charge in [0, 0.05) is 19.3 Å². The van der Waals surface area contributed by atoms with E-state index in [1.807, 2.05) is 37.3 Å². The predicted octanol–water partition coefficient (Wildman–Crippen LogP) is 1.40. The molecule has 0 aliphatic heterocycles. The lowest BCUT2D eigenvalue weighted by Gasteiger charge is -2.10. The fourth-order valence-corrected chi connectivity index (χ4v) is 1.92. The van der Waals surface area contributed by atoms with Crippen LogP contribution in [0.15, 0.2) is 35.3 Å². The molecule has 114 valence electrons. The van der Waals surface area contributed by atoms with Crippen LogP contribution >= 0.6 is 24.0 Å². The summed E-state index contributed by atoms with van der Waals surface area (Å²) in [7, 11) is -2.95. The Balaban J connectivity index is 0.00000361. The first-order valence-corrected chi connectivity index (χ1v) is 8.31. The van der Waals surface area contributed by atoms with Gasteiger partial charge in [-0.25, -0.2) is 13.4 Å². The van der Waals surface area contributed by atoms with Crippen molar-refractivity contribution in [1.82, 2.24) is 10.6 Å². The van der Waals surface area contributed by atoms with Crippen molar-refractivity contribution in [3.05, 3.63) is 35.9 Å². The Kier molecular flexibility index (Phi) is 9.56. The normalized spacial score (nSPS) is 11.6. The fourth-order valence-electron chi connectivity index (χ4n) is 1.45. The fraction of sp³-hybridized carbons (Fsp3) is 0.462. The molecule has 0 saturated heterocycles. The third kappa shape index (κ3) is 9.13. The molecule has 0 aliphatic rings. The summed E-state index contributed by atoms with van der Waals surface area (Å²) in [5.41, 5.74) is 1.11. The number of guanidine groups is 1. The smallest absolute Gasteiger partial charge is 0.191 e. The van der Waals surface area contributed by atoms with Gasteiger partial charge in [0.05, 0.1) is 12.3 Å². The van der Waals surface area contributed by atoms with Crippen molar-refractivity contribution in [3.8, 4) is 0 Å². The highest BCUT2D eigenvalue weighted by molar-refractivity contribution is 14.0. The van der Waals surface area contributed by atoms with E-state index >= 15 is 0 Å². The van der Waals surface area contributed by atoms with Gasteiger partial charge in [-0.3, -0.25) is 0 Å². The Labute approximate surface area is 138 Å². The highest BCUT2D eigenvalue weighted by Crippen LogP contribution is 1.99. The van der Waals surface area contributed by atoms with Gasteiger partial charge in [-0.2, -0.15) is 0 Å². The lowest BCUT2D eigenvalue weighted by Crippen LogP contribution is -2.39. The zero-order valence-corrected chi connectivity index (χ0v) is 14.9. The average molecular weight is 411 g/mol. The van der Waals surface area contributed by atoms with Gasteiger partial charge in [0.1, 0.15) is 9.84 Å². The summed E-state index contributed by atoms with van der Waals surface area (Å²) in [6, 6.07) is 9.90. The van der Waals surface area contributed by atoms with E-state index in [-0.39, 0.29) is 29.7 Å². The van der Waals surface area contributed by atoms with Crippen LogP contribution < -0.4 is 10.6 Å². The molecule has 20 heavy (non-hydrogen) atoms. The number of rotatable bonds is 6. The number of sulfone groups is 1. The van der Waals surface area contributed by atoms with Crippen molar-refractivity contribution in [2.75, 3.05) is 25.1 Å². The zero-order chi connectivity index (χ0) is 14.1. The molecule has 0 unspecified atom stereocenters. The first-order chi connectivity index (χ1) is 9.01. The largest absolute Gasteiger partial charge is 0.357 e. The summed E-state index contributed by atoms with van der Waals surface area (Å²) in [6.07, 6.45) is 1.22. The van der Waals surface area contributed by atoms with E-state index in [0.717, 1.165) is 12.1 Å². The molecule has 0 radical (unpaired) electrons. The summed E-state index contributed by atoms with van der Waals surface area (Å²) in [4.78, 5) is 4.40. The standard InChI is InChI=1S/C13H21N3O2S.HI/c1-3-14-13(15-9-10-19(2,17)18)16-11-12-7-5-4-6-8-12;/h4-8H,3,9-11H2,1-2H3,(H2,14,15,16);1H. The summed E-state index contributed by atoms with van der Waals surface area (Å²) in [6.45, 7) is 3.63. The van der Waals surface area contributed by atoms with Gasteiger partial charge in [0.15, 0.2) is 5.96 Å². The number of nitrogens with one attached hydrogen (secondary N) is 2. The molecule has 0 bridgehead atoms. The van der Waals surface area contributed by atoms with E-state index in [0.29, 0.717) is 19.0 Å². The van der Waals surface area contributed by atoms with Gasteiger partial charge in [0.25, 0.3) is 0 Å². The summed E-state index contributed by atoms with van der Waals surface area (Å²) in [5.74, 6) is 0.734. The van der Waals surface area contributed by atoms with Crippen LogP contribution in [-0.4, -0.2) is 39.5 Å². The quantitative estimate of drug-likeness (QED) is 0.422. The monoisotopic (exact) mass is 411 g/mol. The Morgan fingerprint density at radius 1 is 1.20 bits per heavy atom. The number of hydrogen-bond donors (Lipinski definition) is 2. The van der Waals surface area contributed by atoms with Crippen LogP contribution in [0, 0.1) is 0 Å². The third-order valence-electron chi connectivity index (χ3n) is 2.37. The molecular weight excluding hydrogens is 389 g/mol. The SMILES string of the molecule is CCNC(=NCc1ccccc1)NCCS(C)(=O)=O.I. The highest BCUT2D eigenvalue weighted by Gasteiger charge is 2.02. The van der Waals surface area contributed by atoms with Gasteiger partial charge in [-0.15, -0.1) is 24.0 Å². The maximum absolute atomic E-state index is 11.0. The molecule has 0 fully saturated rings. The molecule has 7 heteroatoms. The molecule has 1 aromatic rings. The number of hydrogen-bond acceptors (Lipinski definition) is 3. The Morgan fingerprint density at radius 3 is 2.40 bits per heavy atom. The number of nitrogens with zero attached hydrogens (tertiary/aromatic N) is 1. The maximum atomic E-state index is 11.0. The van der Waals surface area contributed by atoms with Crippen LogP contribution in [0.25, 0.3) is 0 Å². The van der Waals surface area contributed by atoms with Crippen molar-refractivity contribution in [3.63, 3.8) is 0 Å². The second kappa shape index (κ2) is 9.98. The summed E-state index contributed by atoms with van der Waals surface area (Å²) >= 11 is 0. The minimum absolute atomic E-state index is 0. The van der Waals surface area contributed by atoms with Crippen LogP contribution in [-0.2, 0) is 16.4 Å². The molecule has 5 nitrogen and oxygen atoms in total. The lowest BCUT2D eigenvalue weighted by atomic mass is 10.2. The van der Waals surface area contributed by atoms with Gasteiger partial charge >= 0.3 is 0 Å². The lowest BCUT2D eigenvalue weighted by molar-refractivity contribution is 0.600. The minimum atomic E-state index is -2.95. The predicted molar refractivity (Wildman–Crippen MR) is 94.4 cm³/mol. The Morgan fingerprint density at radius 2 is 1.85 bits per heavy atom. The maximum Gasteiger partial charge on any atom is 0.191 e. The topological polar surface area (TPSA) is 70.6 Å². The molecule has 0 aromatic heterocycles. The minimum Gasteiger partial charge on any atom is -0.357 e. The zero-order valence-electron chi connectivity index (χ0n) is 11.8. The molecule has 0 atom stereocenters. The van der Waals surface area contributed by atoms with Gasteiger partial charge in [0.2, 0.25) is 0 Å². The number of benzene rings is 1. The average Bonchev–Trinajstić information content (AvgIpc) is 2.36. The van der Waals surface area contributed by atoms with Crippen molar-refractivity contribution in [1.29, 1.82) is 0 Å². The van der Waals surface area contributed by atoms with Gasteiger partial charge < -0.3 is 10.6 Å². The Bertz CT molecular complexity index is 504. The molecular formula is C13H22IN3O2S. The van der Waals surface area contributed by atoms with E-state index in [1.165, 1.54) is 6.26 Å². The second-order valence-corrected chi connectivity index (χ2v) is 6.50. The van der Waals surface area contributed by atoms with Crippen molar-refractivity contribution >= 4 is 39.8 Å². The van der Waals surface area contributed by atoms with Gasteiger partial charge in [-0.1, -0.05) is 30.3 Å². The van der Waals surface area contributed by atoms with Crippen LogP contribution in [0.5, 0.6) is 0 Å². The molecule has 0 amide bonds. The molecule has 0 heterocycles. The molecule has 0 aliphatic carbocycles. The molecule has 0 saturated carbocycles. The van der Waals surface area contributed by atoms with E-state index < -0.39 is 9.84 Å². The van der Waals surface area contributed by atoms with Gasteiger partial charge in [-0.05, 0) is 12.5 Å². The van der Waals surface area contributed by atoms with E-state index in [9.17, 15) is 8.42 Å². The van der Waals surface area contributed by atoms with Crippen LogP contribution in [0.4, 0.5) is 0 Å². The molecule has 1 aromatic carbocycles. The number of halogens is 1. The molecule has 0 spiro atoms. The van der Waals surface area contributed by atoms with E-state index in [2.05, 4.69) is 15.6 Å². The van der Waals surface area contributed by atoms with Crippen molar-refractivity contribution < 1.29 is 8.42 Å². The first kappa shape index (κ1) is 19.2. The van der Waals surface area contributed by atoms with Crippen molar-refractivity contribution in [2.24, 2.45) is 4.99 Å². The Hall–Kier alpha value is -0.830. The first-order valence-electron chi connectivity index (χ1n) is 6.25. The second-order valence-electron chi connectivity index (χ2n) is 4.24. The third-order valence-corrected chi connectivity index (χ3v) is 3.32. The van der Waals surface area contributed by atoms with Crippen molar-refractivity contribution in [2.45, 2.75) is 13.5 Å². The summed E-state index contributed by atoms with van der Waals surface area (Å²) in [5, 5.41) is 6.09. The van der Waals surface area contributed by atoms with Crippen LogP contribution in [0.1, 0.15) is 12.5 Å². The van der Waals surface area contributed by atoms with E-state index in [1.54, 1.807) is 0 Å². The van der Waals surface area contributed by atoms with Crippen LogP contribution in [0.2, 0.25) is 0 Å². The van der Waals surface area contributed by atoms with E-state index in [4.69, 9.17) is 0 Å². The highest BCUT2D eigenvalue weighted by atomic mass is 127. The summed E-state index contributed by atoms with van der Waals surface area (Å²) < 4.78 is 22.1. The van der Waals surface area contributed by atoms with Crippen LogP contribution in [0.3, 0.4) is 0 Å².